The summed E-state index contributed by atoms with van der Waals surface area (Å²) in [5, 5.41) is 2.90. The van der Waals surface area contributed by atoms with Gasteiger partial charge in [0.2, 0.25) is 5.91 Å². The number of benzene rings is 2. The quantitative estimate of drug-likeness (QED) is 0.687. The monoisotopic (exact) mass is 397 g/mol. The van der Waals surface area contributed by atoms with Gasteiger partial charge in [-0.15, -0.1) is 0 Å². The van der Waals surface area contributed by atoms with Crippen LogP contribution in [0.1, 0.15) is 30.5 Å². The minimum atomic E-state index is -0.205. The lowest BCUT2D eigenvalue weighted by molar-refractivity contribution is -0.116. The van der Waals surface area contributed by atoms with Crippen molar-refractivity contribution in [2.45, 2.75) is 32.9 Å². The first-order chi connectivity index (χ1) is 14.0. The number of rotatable bonds is 8. The summed E-state index contributed by atoms with van der Waals surface area (Å²) in [5.41, 5.74) is 2.85. The summed E-state index contributed by atoms with van der Waals surface area (Å²) in [6, 6.07) is 9.42. The first-order valence-electron chi connectivity index (χ1n) is 9.66. The predicted octanol–water partition coefficient (Wildman–Crippen LogP) is 3.76. The number of hydrogen-bond acceptors (Lipinski definition) is 5. The van der Waals surface area contributed by atoms with E-state index in [1.165, 1.54) is 6.08 Å². The number of carbonyl (C=O) groups excluding carboxylic acids is 1. The summed E-state index contributed by atoms with van der Waals surface area (Å²) >= 11 is 0. The molecule has 0 saturated carbocycles. The Kier molecular flexibility index (Phi) is 6.65. The SMILES string of the molecule is CCOc1cc2c(cc1CNC(=O)/C=C/c1cc(OC)cc(OC)c1)O[C@H](C)C2. The molecule has 0 aliphatic carbocycles. The number of hydrogen-bond donors (Lipinski definition) is 1. The van der Waals surface area contributed by atoms with Gasteiger partial charge < -0.3 is 24.3 Å². The molecule has 0 aromatic heterocycles. The molecule has 0 saturated heterocycles. The largest absolute Gasteiger partial charge is 0.497 e. The normalized spacial score (nSPS) is 15.0. The van der Waals surface area contributed by atoms with Crippen molar-refractivity contribution in [1.29, 1.82) is 0 Å². The molecule has 3 rings (SSSR count). The van der Waals surface area contributed by atoms with Gasteiger partial charge >= 0.3 is 0 Å². The molecule has 2 aromatic rings. The molecule has 1 heterocycles. The van der Waals surface area contributed by atoms with E-state index < -0.39 is 0 Å². The topological polar surface area (TPSA) is 66.0 Å². The van der Waals surface area contributed by atoms with Crippen molar-refractivity contribution >= 4 is 12.0 Å². The maximum Gasteiger partial charge on any atom is 0.244 e. The van der Waals surface area contributed by atoms with Gasteiger partial charge in [-0.1, -0.05) is 0 Å². The zero-order valence-corrected chi connectivity index (χ0v) is 17.3. The summed E-state index contributed by atoms with van der Waals surface area (Å²) in [6.07, 6.45) is 4.24. The van der Waals surface area contributed by atoms with E-state index in [4.69, 9.17) is 18.9 Å². The van der Waals surface area contributed by atoms with Crippen molar-refractivity contribution in [2.75, 3.05) is 20.8 Å². The van der Waals surface area contributed by atoms with Gasteiger partial charge in [-0.3, -0.25) is 4.79 Å². The lowest BCUT2D eigenvalue weighted by Gasteiger charge is -2.13. The summed E-state index contributed by atoms with van der Waals surface area (Å²) in [4.78, 5) is 12.3. The Hall–Kier alpha value is -3.15. The molecule has 0 bridgehead atoms. The Balaban J connectivity index is 1.68. The smallest absolute Gasteiger partial charge is 0.244 e. The summed E-state index contributed by atoms with van der Waals surface area (Å²) in [7, 11) is 3.18. The first kappa shape index (κ1) is 20.6. The second-order valence-corrected chi connectivity index (χ2v) is 6.83. The number of fused-ring (bicyclic) bond motifs is 1. The zero-order valence-electron chi connectivity index (χ0n) is 17.3. The Labute approximate surface area is 171 Å². The third kappa shape index (κ3) is 5.22. The van der Waals surface area contributed by atoms with Gasteiger partial charge in [-0.2, -0.15) is 0 Å². The van der Waals surface area contributed by atoms with Crippen LogP contribution in [0, 0.1) is 0 Å². The standard InChI is InChI=1S/C23H27NO5/c1-5-28-21-11-17-8-15(2)29-22(17)12-18(21)14-24-23(25)7-6-16-9-19(26-3)13-20(10-16)27-4/h6-7,9-13,15H,5,8,14H2,1-4H3,(H,24,25)/b7-6+/t15-/m1/s1. The summed E-state index contributed by atoms with van der Waals surface area (Å²) < 4.78 is 22.1. The minimum absolute atomic E-state index is 0.159. The van der Waals surface area contributed by atoms with Crippen molar-refractivity contribution in [3.05, 3.63) is 53.1 Å². The first-order valence-corrected chi connectivity index (χ1v) is 9.66. The molecule has 1 aliphatic rings. The highest BCUT2D eigenvalue weighted by atomic mass is 16.5. The van der Waals surface area contributed by atoms with Gasteiger partial charge in [-0.25, -0.2) is 0 Å². The number of ether oxygens (including phenoxy) is 4. The number of carbonyl (C=O) groups is 1. The fraction of sp³-hybridized carbons (Fsp3) is 0.348. The Morgan fingerprint density at radius 3 is 2.55 bits per heavy atom. The minimum Gasteiger partial charge on any atom is -0.497 e. The third-order valence-corrected chi connectivity index (χ3v) is 4.63. The molecule has 0 unspecified atom stereocenters. The van der Waals surface area contributed by atoms with Crippen LogP contribution in [0.15, 0.2) is 36.4 Å². The summed E-state index contributed by atoms with van der Waals surface area (Å²) in [6.45, 7) is 4.90. The summed E-state index contributed by atoms with van der Waals surface area (Å²) in [5.74, 6) is 2.77. The molecular weight excluding hydrogens is 370 g/mol. The van der Waals surface area contributed by atoms with Crippen molar-refractivity contribution in [2.24, 2.45) is 0 Å². The molecule has 154 valence electrons. The zero-order chi connectivity index (χ0) is 20.8. The predicted molar refractivity (Wildman–Crippen MR) is 112 cm³/mol. The van der Waals surface area contributed by atoms with Crippen LogP contribution >= 0.6 is 0 Å². The number of methoxy groups -OCH3 is 2. The van der Waals surface area contributed by atoms with E-state index in [-0.39, 0.29) is 12.0 Å². The van der Waals surface area contributed by atoms with Gasteiger partial charge in [0.05, 0.1) is 20.8 Å². The average molecular weight is 397 g/mol. The van der Waals surface area contributed by atoms with Crippen molar-refractivity contribution < 1.29 is 23.7 Å². The number of nitrogens with one attached hydrogen (secondary N) is 1. The fourth-order valence-corrected chi connectivity index (χ4v) is 3.25. The Morgan fingerprint density at radius 2 is 1.90 bits per heavy atom. The maximum absolute atomic E-state index is 12.3. The van der Waals surface area contributed by atoms with Crippen LogP contribution in [0.25, 0.3) is 6.08 Å². The van der Waals surface area contributed by atoms with Crippen LogP contribution in [0.2, 0.25) is 0 Å². The molecular formula is C23H27NO5. The van der Waals surface area contributed by atoms with Gasteiger partial charge in [0.1, 0.15) is 29.1 Å². The average Bonchev–Trinajstić information content (AvgIpc) is 3.09. The molecule has 6 heteroatoms. The fourth-order valence-electron chi connectivity index (χ4n) is 3.25. The van der Waals surface area contributed by atoms with Crippen LogP contribution in [0.3, 0.4) is 0 Å². The van der Waals surface area contributed by atoms with Gasteiger partial charge in [0.15, 0.2) is 0 Å². The second kappa shape index (κ2) is 9.37. The van der Waals surface area contributed by atoms with E-state index in [2.05, 4.69) is 5.32 Å². The van der Waals surface area contributed by atoms with Gasteiger partial charge in [0, 0.05) is 36.2 Å². The molecule has 0 spiro atoms. The van der Waals surface area contributed by atoms with Crippen LogP contribution < -0.4 is 24.3 Å². The highest BCUT2D eigenvalue weighted by Gasteiger charge is 2.21. The molecule has 1 amide bonds. The van der Waals surface area contributed by atoms with E-state index in [9.17, 15) is 4.79 Å². The highest BCUT2D eigenvalue weighted by molar-refractivity contribution is 5.91. The Morgan fingerprint density at radius 1 is 1.17 bits per heavy atom. The molecule has 2 aromatic carbocycles. The van der Waals surface area contributed by atoms with Crippen LogP contribution in [0.5, 0.6) is 23.0 Å². The van der Waals surface area contributed by atoms with Crippen molar-refractivity contribution in [3.63, 3.8) is 0 Å². The van der Waals surface area contributed by atoms with Gasteiger partial charge in [-0.05, 0) is 49.8 Å². The van der Waals surface area contributed by atoms with Crippen molar-refractivity contribution in [1.82, 2.24) is 5.32 Å². The molecule has 0 radical (unpaired) electrons. The Bertz CT molecular complexity index is 884. The second-order valence-electron chi connectivity index (χ2n) is 6.83. The van der Waals surface area contributed by atoms with E-state index in [0.717, 1.165) is 34.6 Å². The van der Waals surface area contributed by atoms with E-state index >= 15 is 0 Å². The maximum atomic E-state index is 12.3. The van der Waals surface area contributed by atoms with E-state index in [0.29, 0.717) is 24.7 Å². The lowest BCUT2D eigenvalue weighted by atomic mass is 10.1. The third-order valence-electron chi connectivity index (χ3n) is 4.63. The lowest BCUT2D eigenvalue weighted by Crippen LogP contribution is -2.20. The molecule has 6 nitrogen and oxygen atoms in total. The van der Waals surface area contributed by atoms with Crippen molar-refractivity contribution in [3.8, 4) is 23.0 Å². The highest BCUT2D eigenvalue weighted by Crippen LogP contribution is 2.35. The van der Waals surface area contributed by atoms with Crippen LogP contribution in [-0.4, -0.2) is 32.8 Å². The van der Waals surface area contributed by atoms with Crippen LogP contribution in [-0.2, 0) is 17.8 Å². The number of amides is 1. The molecule has 1 aliphatic heterocycles. The van der Waals surface area contributed by atoms with E-state index in [1.54, 1.807) is 26.4 Å². The van der Waals surface area contributed by atoms with Gasteiger partial charge in [0.25, 0.3) is 0 Å². The molecule has 1 N–H and O–H groups in total. The molecule has 1 atom stereocenters. The molecule has 0 fully saturated rings. The molecule has 29 heavy (non-hydrogen) atoms. The van der Waals surface area contributed by atoms with E-state index in [1.807, 2.05) is 38.1 Å². The van der Waals surface area contributed by atoms with Crippen LogP contribution in [0.4, 0.5) is 0 Å².